The monoisotopic (exact) mass is 592 g/mol. The Balaban J connectivity index is 0.00000441. The number of carbonyl (C=O) groups is 1. The Morgan fingerprint density at radius 1 is 0.950 bits per heavy atom. The Hall–Kier alpha value is -2.49. The molecule has 0 unspecified atom stereocenters. The van der Waals surface area contributed by atoms with Crippen molar-refractivity contribution in [3.8, 4) is 11.5 Å². The van der Waals surface area contributed by atoms with Gasteiger partial charge in [-0.1, -0.05) is 38.3 Å². The highest BCUT2D eigenvalue weighted by atomic mass is 35.5. The predicted molar refractivity (Wildman–Crippen MR) is 164 cm³/mol. The first kappa shape index (κ1) is 32.0. The maximum atomic E-state index is 13.0. The summed E-state index contributed by atoms with van der Waals surface area (Å²) >= 11 is 0. The molecule has 1 saturated heterocycles. The molecule has 2 N–H and O–H groups in total. The first-order valence-corrected chi connectivity index (χ1v) is 16.3. The van der Waals surface area contributed by atoms with Gasteiger partial charge < -0.3 is 15.0 Å². The van der Waals surface area contributed by atoms with E-state index in [-0.39, 0.29) is 18.4 Å². The third-order valence-corrected chi connectivity index (χ3v) is 8.32. The molecule has 2 aliphatic rings. The maximum absolute atomic E-state index is 13.0. The molecule has 0 spiro atoms. The molecule has 2 fully saturated rings. The van der Waals surface area contributed by atoms with Crippen LogP contribution in [0.25, 0.3) is 0 Å². The number of anilines is 1. The van der Waals surface area contributed by atoms with E-state index >= 15 is 0 Å². The molecule has 0 bridgehead atoms. The highest BCUT2D eigenvalue weighted by Crippen LogP contribution is 2.26. The Morgan fingerprint density at radius 2 is 1.55 bits per heavy atom. The van der Waals surface area contributed by atoms with Gasteiger partial charge in [-0.15, -0.1) is 12.4 Å². The second kappa shape index (κ2) is 15.5. The van der Waals surface area contributed by atoms with E-state index in [1.165, 1.54) is 37.7 Å². The zero-order valence-electron chi connectivity index (χ0n) is 23.8. The van der Waals surface area contributed by atoms with Crippen molar-refractivity contribution < 1.29 is 17.9 Å². The van der Waals surface area contributed by atoms with Crippen LogP contribution in [-0.4, -0.2) is 62.7 Å². The molecule has 1 saturated carbocycles. The number of ether oxygens (including phenoxy) is 1. The van der Waals surface area contributed by atoms with Crippen molar-refractivity contribution in [2.75, 3.05) is 37.2 Å². The molecule has 222 valence electrons. The fourth-order valence-electron chi connectivity index (χ4n) is 5.67. The van der Waals surface area contributed by atoms with Crippen LogP contribution in [0.3, 0.4) is 0 Å². The number of rotatable bonds is 11. The van der Waals surface area contributed by atoms with Crippen LogP contribution in [0.1, 0.15) is 63.9 Å². The van der Waals surface area contributed by atoms with Crippen LogP contribution >= 0.6 is 12.4 Å². The van der Waals surface area contributed by atoms with E-state index in [9.17, 15) is 13.2 Å². The third-order valence-electron chi connectivity index (χ3n) is 7.71. The Kier molecular flexibility index (Phi) is 12.4. The second-order valence-corrected chi connectivity index (χ2v) is 12.8. The van der Waals surface area contributed by atoms with Gasteiger partial charge in [-0.3, -0.25) is 9.62 Å². The van der Waals surface area contributed by atoms with Crippen LogP contribution in [0.4, 0.5) is 10.5 Å². The van der Waals surface area contributed by atoms with Gasteiger partial charge in [0.15, 0.2) is 0 Å². The summed E-state index contributed by atoms with van der Waals surface area (Å²) in [5, 5.41) is 3.25. The minimum Gasteiger partial charge on any atom is -0.457 e. The molecule has 0 radical (unpaired) electrons. The molecule has 2 aromatic carbocycles. The van der Waals surface area contributed by atoms with Gasteiger partial charge >= 0.3 is 6.03 Å². The Bertz CT molecular complexity index is 1150. The van der Waals surface area contributed by atoms with Crippen LogP contribution < -0.4 is 14.8 Å². The van der Waals surface area contributed by atoms with E-state index in [4.69, 9.17) is 4.74 Å². The van der Waals surface area contributed by atoms with Crippen LogP contribution in [0.5, 0.6) is 11.5 Å². The van der Waals surface area contributed by atoms with Crippen molar-refractivity contribution in [2.24, 2.45) is 5.92 Å². The minimum atomic E-state index is -3.30. The summed E-state index contributed by atoms with van der Waals surface area (Å²) in [6.45, 7) is 6.62. The van der Waals surface area contributed by atoms with Crippen LogP contribution in [0, 0.1) is 5.92 Å². The largest absolute Gasteiger partial charge is 0.457 e. The minimum absolute atomic E-state index is 0. The quantitative estimate of drug-likeness (QED) is 0.322. The first-order chi connectivity index (χ1) is 18.8. The van der Waals surface area contributed by atoms with E-state index in [1.807, 2.05) is 12.1 Å². The highest BCUT2D eigenvalue weighted by molar-refractivity contribution is 7.92. The molecule has 4 rings (SSSR count). The summed E-state index contributed by atoms with van der Waals surface area (Å²) in [5.74, 6) is 2.02. The number of piperidine rings is 1. The fourth-order valence-corrected chi connectivity index (χ4v) is 6.23. The zero-order chi connectivity index (χ0) is 27.7. The number of hydrogen-bond donors (Lipinski definition) is 2. The molecule has 1 aliphatic heterocycles. The lowest BCUT2D eigenvalue weighted by molar-refractivity contribution is 0.116. The van der Waals surface area contributed by atoms with Crippen LogP contribution in [0.2, 0.25) is 0 Å². The van der Waals surface area contributed by atoms with Gasteiger partial charge in [-0.05, 0) is 80.0 Å². The lowest BCUT2D eigenvalue weighted by Gasteiger charge is -2.38. The average molecular weight is 593 g/mol. The Labute approximate surface area is 246 Å². The SMILES string of the molecule is CCCN(C(=O)NCC1CCCCC1)C1CCN(Cc2ccc(Oc3ccc(NS(C)(=O)=O)cc3)cc2)CC1.Cl. The first-order valence-electron chi connectivity index (χ1n) is 14.4. The molecular formula is C30H45ClN4O4S. The summed E-state index contributed by atoms with van der Waals surface area (Å²) in [4.78, 5) is 17.6. The van der Waals surface area contributed by atoms with E-state index in [1.54, 1.807) is 24.3 Å². The smallest absolute Gasteiger partial charge is 0.317 e. The topological polar surface area (TPSA) is 91.0 Å². The second-order valence-electron chi connectivity index (χ2n) is 11.0. The van der Waals surface area contributed by atoms with Crippen LogP contribution in [-0.2, 0) is 16.6 Å². The molecule has 1 heterocycles. The van der Waals surface area contributed by atoms with Gasteiger partial charge in [0.2, 0.25) is 10.0 Å². The number of carbonyl (C=O) groups excluding carboxylic acids is 1. The molecule has 2 aromatic rings. The number of hydrogen-bond acceptors (Lipinski definition) is 5. The van der Waals surface area contributed by atoms with E-state index < -0.39 is 10.0 Å². The van der Waals surface area contributed by atoms with Crippen molar-refractivity contribution in [1.82, 2.24) is 15.1 Å². The number of urea groups is 1. The Morgan fingerprint density at radius 3 is 2.12 bits per heavy atom. The van der Waals surface area contributed by atoms with E-state index in [0.717, 1.165) is 64.0 Å². The number of benzene rings is 2. The highest BCUT2D eigenvalue weighted by Gasteiger charge is 2.28. The maximum Gasteiger partial charge on any atom is 0.317 e. The zero-order valence-corrected chi connectivity index (χ0v) is 25.4. The molecule has 2 amide bonds. The van der Waals surface area contributed by atoms with Crippen LogP contribution in [0.15, 0.2) is 48.5 Å². The van der Waals surface area contributed by atoms with Gasteiger partial charge in [0.1, 0.15) is 11.5 Å². The lowest BCUT2D eigenvalue weighted by Crippen LogP contribution is -2.51. The molecule has 0 atom stereocenters. The van der Waals surface area contributed by atoms with E-state index in [2.05, 4.69) is 38.9 Å². The van der Waals surface area contributed by atoms with Gasteiger partial charge in [0.25, 0.3) is 0 Å². The van der Waals surface area contributed by atoms with Gasteiger partial charge in [-0.2, -0.15) is 0 Å². The summed E-state index contributed by atoms with van der Waals surface area (Å²) in [6, 6.07) is 15.4. The molecule has 40 heavy (non-hydrogen) atoms. The average Bonchev–Trinajstić information content (AvgIpc) is 2.93. The number of halogens is 1. The number of nitrogens with one attached hydrogen (secondary N) is 2. The third kappa shape index (κ3) is 10.2. The number of nitrogens with zero attached hydrogens (tertiary/aromatic N) is 2. The van der Waals surface area contributed by atoms with Crippen molar-refractivity contribution in [2.45, 2.75) is 70.9 Å². The summed E-state index contributed by atoms with van der Waals surface area (Å²) in [5.41, 5.74) is 1.73. The number of likely N-dealkylation sites (tertiary alicyclic amines) is 1. The molecular weight excluding hydrogens is 548 g/mol. The van der Waals surface area contributed by atoms with E-state index in [0.29, 0.717) is 23.4 Å². The summed E-state index contributed by atoms with van der Waals surface area (Å²) < 4.78 is 31.1. The van der Waals surface area contributed by atoms with Gasteiger partial charge in [-0.25, -0.2) is 13.2 Å². The van der Waals surface area contributed by atoms with Crippen molar-refractivity contribution in [1.29, 1.82) is 0 Å². The fraction of sp³-hybridized carbons (Fsp3) is 0.567. The number of amides is 2. The predicted octanol–water partition coefficient (Wildman–Crippen LogP) is 6.24. The molecule has 0 aromatic heterocycles. The van der Waals surface area contributed by atoms with Crippen molar-refractivity contribution >= 4 is 34.1 Å². The van der Waals surface area contributed by atoms with Crippen molar-refractivity contribution in [3.63, 3.8) is 0 Å². The summed E-state index contributed by atoms with van der Waals surface area (Å²) in [6.07, 6.45) is 10.5. The standard InChI is InChI=1S/C30H44N4O4S.ClH/c1-3-19-34(30(35)31-22-24-7-5-4-6-8-24)27-17-20-33(21-18-27)23-25-9-13-28(14-10-25)38-29-15-11-26(12-16-29)32-39(2,36)37;/h9-16,24,27,32H,3-8,17-23H2,1-2H3,(H,31,35);1H. The normalized spacial score (nSPS) is 17.1. The van der Waals surface area contributed by atoms with Gasteiger partial charge in [0.05, 0.1) is 6.26 Å². The summed E-state index contributed by atoms with van der Waals surface area (Å²) in [7, 11) is -3.30. The molecule has 10 heteroatoms. The van der Waals surface area contributed by atoms with Crippen molar-refractivity contribution in [3.05, 3.63) is 54.1 Å². The molecule has 8 nitrogen and oxygen atoms in total. The number of sulfonamides is 1. The molecule has 1 aliphatic carbocycles. The lowest BCUT2D eigenvalue weighted by atomic mass is 9.89. The van der Waals surface area contributed by atoms with Gasteiger partial charge in [0, 0.05) is 44.5 Å².